The Morgan fingerprint density at radius 1 is 1.71 bits per heavy atom. The molecule has 3 N–H and O–H groups in total. The molecular formula is C8H15N3O2S. The van der Waals surface area contributed by atoms with Crippen LogP contribution in [0.2, 0.25) is 0 Å². The van der Waals surface area contributed by atoms with E-state index in [2.05, 4.69) is 12.6 Å². The Morgan fingerprint density at radius 2 is 2.43 bits per heavy atom. The molecule has 0 unspecified atom stereocenters. The molecule has 0 radical (unpaired) electrons. The van der Waals surface area contributed by atoms with Crippen LogP contribution in [0.4, 0.5) is 4.79 Å². The van der Waals surface area contributed by atoms with Crippen molar-refractivity contribution in [2.75, 3.05) is 18.8 Å². The smallest absolute Gasteiger partial charge is 0.404 e. The van der Waals surface area contributed by atoms with Gasteiger partial charge in [-0.15, -0.1) is 0 Å². The number of carbonyl (C=O) groups excluding carboxylic acids is 1. The van der Waals surface area contributed by atoms with Crippen LogP contribution in [0.25, 0.3) is 0 Å². The number of nitrogens with zero attached hydrogens (tertiary/aromatic N) is 1. The highest BCUT2D eigenvalue weighted by Crippen LogP contribution is 2.13. The monoisotopic (exact) mass is 217 g/mol. The molecular weight excluding hydrogens is 202 g/mol. The van der Waals surface area contributed by atoms with Crippen molar-refractivity contribution in [3.63, 3.8) is 0 Å². The van der Waals surface area contributed by atoms with Crippen LogP contribution in [0.5, 0.6) is 0 Å². The fraction of sp³-hybridized carbons (Fsp3) is 0.750. The van der Waals surface area contributed by atoms with E-state index < -0.39 is 6.09 Å². The zero-order valence-electron chi connectivity index (χ0n) is 7.90. The molecule has 0 aliphatic carbocycles. The van der Waals surface area contributed by atoms with Crippen LogP contribution in [0, 0.1) is 5.41 Å². The van der Waals surface area contributed by atoms with Crippen LogP contribution in [0.15, 0.2) is 0 Å². The van der Waals surface area contributed by atoms with Gasteiger partial charge in [0.15, 0.2) is 0 Å². The highest BCUT2D eigenvalue weighted by Gasteiger charge is 2.23. The van der Waals surface area contributed by atoms with Crippen molar-refractivity contribution in [2.24, 2.45) is 5.73 Å². The Balaban J connectivity index is 2.43. The van der Waals surface area contributed by atoms with Gasteiger partial charge >= 0.3 is 6.09 Å². The normalized spacial score (nSPS) is 21.8. The first kappa shape index (κ1) is 11.2. The van der Waals surface area contributed by atoms with E-state index in [9.17, 15) is 4.79 Å². The number of piperidine rings is 1. The summed E-state index contributed by atoms with van der Waals surface area (Å²) >= 11 is 4.03. The van der Waals surface area contributed by atoms with Crippen LogP contribution < -0.4 is 5.73 Å². The molecule has 1 atom stereocenters. The summed E-state index contributed by atoms with van der Waals surface area (Å²) in [5.74, 6) is 0.870. The lowest BCUT2D eigenvalue weighted by Crippen LogP contribution is -2.44. The van der Waals surface area contributed by atoms with E-state index in [1.807, 2.05) is 4.90 Å². The maximum Gasteiger partial charge on any atom is 0.404 e. The third-order valence-electron chi connectivity index (χ3n) is 2.19. The Bertz CT molecular complexity index is 235. The SMILES string of the molecule is N=C(CS)N1CCC[C@H](OC(N)=O)C1. The largest absolute Gasteiger partial charge is 0.445 e. The van der Waals surface area contributed by atoms with Gasteiger partial charge in [0.2, 0.25) is 0 Å². The second kappa shape index (κ2) is 5.09. The summed E-state index contributed by atoms with van der Waals surface area (Å²) in [5.41, 5.74) is 4.93. The van der Waals surface area contributed by atoms with Crippen molar-refractivity contribution in [1.82, 2.24) is 4.90 Å². The summed E-state index contributed by atoms with van der Waals surface area (Å²) < 4.78 is 4.89. The van der Waals surface area contributed by atoms with Gasteiger partial charge in [-0.25, -0.2) is 4.79 Å². The van der Waals surface area contributed by atoms with Crippen molar-refractivity contribution in [2.45, 2.75) is 18.9 Å². The van der Waals surface area contributed by atoms with Crippen molar-refractivity contribution in [3.8, 4) is 0 Å². The lowest BCUT2D eigenvalue weighted by molar-refractivity contribution is 0.0678. The lowest BCUT2D eigenvalue weighted by Gasteiger charge is -2.33. The highest BCUT2D eigenvalue weighted by atomic mass is 32.1. The second-order valence-electron chi connectivity index (χ2n) is 3.25. The van der Waals surface area contributed by atoms with Crippen molar-refractivity contribution >= 4 is 24.6 Å². The molecule has 0 spiro atoms. The molecule has 0 aromatic heterocycles. The molecule has 1 fully saturated rings. The average molecular weight is 217 g/mol. The summed E-state index contributed by atoms with van der Waals surface area (Å²) in [4.78, 5) is 12.4. The van der Waals surface area contributed by atoms with Crippen LogP contribution in [0.3, 0.4) is 0 Å². The minimum atomic E-state index is -0.741. The molecule has 14 heavy (non-hydrogen) atoms. The topological polar surface area (TPSA) is 79.4 Å². The molecule has 1 saturated heterocycles. The lowest BCUT2D eigenvalue weighted by atomic mass is 10.1. The van der Waals surface area contributed by atoms with Crippen LogP contribution >= 0.6 is 12.6 Å². The van der Waals surface area contributed by atoms with Gasteiger partial charge in [0.25, 0.3) is 0 Å². The summed E-state index contributed by atoms with van der Waals surface area (Å²) in [6, 6.07) is 0. The molecule has 0 bridgehead atoms. The van der Waals surface area contributed by atoms with Gasteiger partial charge in [0, 0.05) is 12.3 Å². The fourth-order valence-corrected chi connectivity index (χ4v) is 1.74. The number of likely N-dealkylation sites (tertiary alicyclic amines) is 1. The maximum absolute atomic E-state index is 10.5. The van der Waals surface area contributed by atoms with E-state index in [1.54, 1.807) is 0 Å². The molecule has 1 aliphatic rings. The molecule has 5 nitrogen and oxygen atoms in total. The van der Waals surface area contributed by atoms with Gasteiger partial charge in [0.1, 0.15) is 11.9 Å². The molecule has 1 heterocycles. The van der Waals surface area contributed by atoms with Gasteiger partial charge in [0.05, 0.1) is 6.54 Å². The molecule has 6 heteroatoms. The molecule has 1 amide bonds. The predicted octanol–water partition coefficient (Wildman–Crippen LogP) is 0.453. The van der Waals surface area contributed by atoms with Crippen molar-refractivity contribution < 1.29 is 9.53 Å². The summed E-state index contributed by atoms with van der Waals surface area (Å²) in [6.45, 7) is 1.39. The Morgan fingerprint density at radius 3 is 3.00 bits per heavy atom. The van der Waals surface area contributed by atoms with Gasteiger partial charge in [-0.05, 0) is 12.8 Å². The number of carbonyl (C=O) groups is 1. The first-order valence-corrected chi connectivity index (χ1v) is 5.16. The van der Waals surface area contributed by atoms with Gasteiger partial charge < -0.3 is 15.4 Å². The molecule has 0 saturated carbocycles. The zero-order valence-corrected chi connectivity index (χ0v) is 8.80. The Hall–Kier alpha value is -0.910. The molecule has 0 aromatic rings. The third-order valence-corrected chi connectivity index (χ3v) is 2.49. The van der Waals surface area contributed by atoms with Crippen molar-refractivity contribution in [1.29, 1.82) is 5.41 Å². The quantitative estimate of drug-likeness (QED) is 0.357. The third kappa shape index (κ3) is 3.10. The minimum absolute atomic E-state index is 0.179. The number of amidine groups is 1. The Kier molecular flexibility index (Phi) is 4.06. The van der Waals surface area contributed by atoms with E-state index in [0.29, 0.717) is 18.1 Å². The number of primary amides is 1. The Labute approximate surface area is 88.5 Å². The van der Waals surface area contributed by atoms with Crippen LogP contribution in [0.1, 0.15) is 12.8 Å². The first-order chi connectivity index (χ1) is 6.63. The van der Waals surface area contributed by atoms with E-state index in [0.717, 1.165) is 19.4 Å². The number of ether oxygens (including phenoxy) is 1. The number of hydrogen-bond acceptors (Lipinski definition) is 4. The molecule has 1 rings (SSSR count). The summed E-state index contributed by atoms with van der Waals surface area (Å²) in [5, 5.41) is 7.58. The van der Waals surface area contributed by atoms with E-state index in [1.165, 1.54) is 0 Å². The van der Waals surface area contributed by atoms with Gasteiger partial charge in [-0.2, -0.15) is 12.6 Å². The average Bonchev–Trinajstić information content (AvgIpc) is 2.16. The minimum Gasteiger partial charge on any atom is -0.445 e. The number of nitrogens with one attached hydrogen (secondary N) is 1. The zero-order chi connectivity index (χ0) is 10.6. The summed E-state index contributed by atoms with van der Waals surface area (Å²) in [7, 11) is 0. The number of hydrogen-bond donors (Lipinski definition) is 3. The van der Waals surface area contributed by atoms with Crippen LogP contribution in [-0.4, -0.2) is 41.8 Å². The number of amides is 1. The standard InChI is InChI=1S/C8H15N3O2S/c9-7(5-14)11-3-1-2-6(4-11)13-8(10)12/h6,9,14H,1-5H2,(H2,10,12)/t6-/m0/s1. The first-order valence-electron chi connectivity index (χ1n) is 4.52. The predicted molar refractivity (Wildman–Crippen MR) is 56.8 cm³/mol. The molecule has 0 aromatic carbocycles. The van der Waals surface area contributed by atoms with Crippen molar-refractivity contribution in [3.05, 3.63) is 0 Å². The second-order valence-corrected chi connectivity index (χ2v) is 3.57. The molecule has 80 valence electrons. The van der Waals surface area contributed by atoms with E-state index >= 15 is 0 Å². The maximum atomic E-state index is 10.5. The number of rotatable bonds is 2. The fourth-order valence-electron chi connectivity index (χ4n) is 1.54. The van der Waals surface area contributed by atoms with E-state index in [-0.39, 0.29) is 6.10 Å². The van der Waals surface area contributed by atoms with Gasteiger partial charge in [-0.1, -0.05) is 0 Å². The van der Waals surface area contributed by atoms with Crippen LogP contribution in [-0.2, 0) is 4.74 Å². The van der Waals surface area contributed by atoms with Gasteiger partial charge in [-0.3, -0.25) is 5.41 Å². The molecule has 1 aliphatic heterocycles. The number of nitrogens with two attached hydrogens (primary N) is 1. The van der Waals surface area contributed by atoms with E-state index in [4.69, 9.17) is 15.9 Å². The number of thiol groups is 1. The highest BCUT2D eigenvalue weighted by molar-refractivity contribution is 7.81. The summed E-state index contributed by atoms with van der Waals surface area (Å²) in [6.07, 6.45) is 0.809.